The van der Waals surface area contributed by atoms with Crippen molar-refractivity contribution in [3.8, 4) is 0 Å². The van der Waals surface area contributed by atoms with Gasteiger partial charge in [0.05, 0.1) is 5.56 Å². The van der Waals surface area contributed by atoms with Crippen molar-refractivity contribution in [1.29, 1.82) is 0 Å². The van der Waals surface area contributed by atoms with Crippen molar-refractivity contribution in [3.63, 3.8) is 0 Å². The van der Waals surface area contributed by atoms with Gasteiger partial charge in [-0.15, -0.1) is 0 Å². The molecule has 2 aromatic rings. The zero-order valence-electron chi connectivity index (χ0n) is 14.4. The number of piperidine rings is 1. The van der Waals surface area contributed by atoms with Crippen LogP contribution in [0.2, 0.25) is 0 Å². The molecule has 1 aromatic carbocycles. The molecule has 4 nitrogen and oxygen atoms in total. The lowest BCUT2D eigenvalue weighted by molar-refractivity contribution is 0.102. The minimum atomic E-state index is -0.0477. The Bertz CT molecular complexity index is 644. The second-order valence-electron chi connectivity index (χ2n) is 6.71. The van der Waals surface area contributed by atoms with Gasteiger partial charge in [0.1, 0.15) is 0 Å². The molecule has 1 aromatic heterocycles. The van der Waals surface area contributed by atoms with Crippen LogP contribution in [0.3, 0.4) is 0 Å². The number of nitrogens with one attached hydrogen (secondary N) is 1. The standard InChI is InChI=1S/C19H25N3OS/c1-21(2)13-15-7-10-22(11-8-15)18-5-3-17(4-6-18)20-19(23)16-9-12-24-14-16/h3-6,9,12,14-15H,7-8,10-11,13H2,1-2H3,(H,20,23). The molecule has 1 aliphatic heterocycles. The van der Waals surface area contributed by atoms with Gasteiger partial charge in [0.25, 0.3) is 5.91 Å². The van der Waals surface area contributed by atoms with Crippen LogP contribution >= 0.6 is 11.3 Å². The molecule has 1 aliphatic rings. The van der Waals surface area contributed by atoms with E-state index in [-0.39, 0.29) is 5.91 Å². The van der Waals surface area contributed by atoms with E-state index in [0.29, 0.717) is 5.56 Å². The van der Waals surface area contributed by atoms with Crippen LogP contribution < -0.4 is 10.2 Å². The SMILES string of the molecule is CN(C)CC1CCN(c2ccc(NC(=O)c3ccsc3)cc2)CC1. The lowest BCUT2D eigenvalue weighted by Gasteiger charge is -2.34. The molecule has 128 valence electrons. The summed E-state index contributed by atoms with van der Waals surface area (Å²) in [6.07, 6.45) is 2.49. The Balaban J connectivity index is 1.54. The predicted molar refractivity (Wildman–Crippen MR) is 102 cm³/mol. The normalized spacial score (nSPS) is 15.7. The van der Waals surface area contributed by atoms with E-state index in [0.717, 1.165) is 24.7 Å². The lowest BCUT2D eigenvalue weighted by atomic mass is 9.96. The Morgan fingerprint density at radius 1 is 1.21 bits per heavy atom. The van der Waals surface area contributed by atoms with Gasteiger partial charge >= 0.3 is 0 Å². The molecule has 1 amide bonds. The highest BCUT2D eigenvalue weighted by Crippen LogP contribution is 2.25. The lowest BCUT2D eigenvalue weighted by Crippen LogP contribution is -2.37. The molecule has 24 heavy (non-hydrogen) atoms. The summed E-state index contributed by atoms with van der Waals surface area (Å²) < 4.78 is 0. The van der Waals surface area contributed by atoms with E-state index >= 15 is 0 Å². The average Bonchev–Trinajstić information content (AvgIpc) is 3.10. The molecule has 0 unspecified atom stereocenters. The van der Waals surface area contributed by atoms with Gasteiger partial charge in [0.15, 0.2) is 0 Å². The molecule has 5 heteroatoms. The van der Waals surface area contributed by atoms with Gasteiger partial charge in [0, 0.05) is 36.4 Å². The average molecular weight is 343 g/mol. The number of carbonyl (C=O) groups is 1. The molecule has 0 bridgehead atoms. The van der Waals surface area contributed by atoms with Crippen LogP contribution in [0.1, 0.15) is 23.2 Å². The van der Waals surface area contributed by atoms with Crippen molar-refractivity contribution in [3.05, 3.63) is 46.7 Å². The molecular weight excluding hydrogens is 318 g/mol. The molecule has 0 saturated carbocycles. The predicted octanol–water partition coefficient (Wildman–Crippen LogP) is 3.78. The second-order valence-corrected chi connectivity index (χ2v) is 7.49. The first kappa shape index (κ1) is 17.0. The van der Waals surface area contributed by atoms with Gasteiger partial charge in [-0.05, 0) is 68.6 Å². The van der Waals surface area contributed by atoms with Crippen molar-refractivity contribution in [2.75, 3.05) is 43.9 Å². The number of nitrogens with zero attached hydrogens (tertiary/aromatic N) is 2. The van der Waals surface area contributed by atoms with Gasteiger partial charge in [-0.25, -0.2) is 0 Å². The maximum Gasteiger partial charge on any atom is 0.256 e. The van der Waals surface area contributed by atoms with Crippen LogP contribution in [-0.4, -0.2) is 44.5 Å². The third-order valence-corrected chi connectivity index (χ3v) is 5.19. The fourth-order valence-corrected chi connectivity index (χ4v) is 3.88. The van der Waals surface area contributed by atoms with E-state index in [2.05, 4.69) is 41.3 Å². The quantitative estimate of drug-likeness (QED) is 0.897. The van der Waals surface area contributed by atoms with E-state index in [1.54, 1.807) is 0 Å². The van der Waals surface area contributed by atoms with Crippen LogP contribution in [0.15, 0.2) is 41.1 Å². The Labute approximate surface area is 148 Å². The minimum absolute atomic E-state index is 0.0477. The third kappa shape index (κ3) is 4.36. The highest BCUT2D eigenvalue weighted by atomic mass is 32.1. The number of thiophene rings is 1. The Morgan fingerprint density at radius 2 is 1.92 bits per heavy atom. The fourth-order valence-electron chi connectivity index (χ4n) is 3.24. The van der Waals surface area contributed by atoms with E-state index in [4.69, 9.17) is 0 Å². The summed E-state index contributed by atoms with van der Waals surface area (Å²) in [5.41, 5.74) is 2.80. The van der Waals surface area contributed by atoms with Gasteiger partial charge < -0.3 is 15.1 Å². The first-order valence-corrected chi connectivity index (χ1v) is 9.39. The second kappa shape index (κ2) is 7.81. The van der Waals surface area contributed by atoms with Crippen molar-refractivity contribution >= 4 is 28.6 Å². The molecule has 0 atom stereocenters. The molecule has 1 N–H and O–H groups in total. The Kier molecular flexibility index (Phi) is 5.53. The van der Waals surface area contributed by atoms with Crippen molar-refractivity contribution in [2.45, 2.75) is 12.8 Å². The molecule has 0 aliphatic carbocycles. The Hall–Kier alpha value is -1.85. The van der Waals surface area contributed by atoms with Crippen LogP contribution in [0.4, 0.5) is 11.4 Å². The zero-order valence-corrected chi connectivity index (χ0v) is 15.2. The number of carbonyl (C=O) groups excluding carboxylic acids is 1. The summed E-state index contributed by atoms with van der Waals surface area (Å²) in [7, 11) is 4.30. The monoisotopic (exact) mass is 343 g/mol. The molecule has 1 saturated heterocycles. The smallest absolute Gasteiger partial charge is 0.256 e. The van der Waals surface area contributed by atoms with Crippen molar-refractivity contribution in [1.82, 2.24) is 4.90 Å². The summed E-state index contributed by atoms with van der Waals surface area (Å²) in [6.45, 7) is 3.40. The summed E-state index contributed by atoms with van der Waals surface area (Å²) >= 11 is 1.53. The van der Waals surface area contributed by atoms with E-state index < -0.39 is 0 Å². The highest BCUT2D eigenvalue weighted by molar-refractivity contribution is 7.08. The summed E-state index contributed by atoms with van der Waals surface area (Å²) in [4.78, 5) is 16.8. The van der Waals surface area contributed by atoms with Crippen molar-refractivity contribution < 1.29 is 4.79 Å². The Morgan fingerprint density at radius 3 is 2.50 bits per heavy atom. The van der Waals surface area contributed by atoms with Gasteiger partial charge in [-0.1, -0.05) is 0 Å². The zero-order chi connectivity index (χ0) is 16.9. The highest BCUT2D eigenvalue weighted by Gasteiger charge is 2.19. The number of hydrogen-bond acceptors (Lipinski definition) is 4. The molecule has 2 heterocycles. The minimum Gasteiger partial charge on any atom is -0.372 e. The summed E-state index contributed by atoms with van der Waals surface area (Å²) in [6, 6.07) is 10.0. The van der Waals surface area contributed by atoms with E-state index in [1.807, 2.05) is 29.0 Å². The first-order chi connectivity index (χ1) is 11.6. The molecular formula is C19H25N3OS. The van der Waals surface area contributed by atoms with E-state index in [1.165, 1.54) is 36.4 Å². The number of hydrogen-bond donors (Lipinski definition) is 1. The maximum atomic E-state index is 12.1. The largest absolute Gasteiger partial charge is 0.372 e. The topological polar surface area (TPSA) is 35.6 Å². The third-order valence-electron chi connectivity index (χ3n) is 4.51. The number of anilines is 2. The number of benzene rings is 1. The van der Waals surface area contributed by atoms with Crippen LogP contribution in [0, 0.1) is 5.92 Å². The summed E-state index contributed by atoms with van der Waals surface area (Å²) in [5, 5.41) is 6.72. The molecule has 0 spiro atoms. The fraction of sp³-hybridized carbons (Fsp3) is 0.421. The van der Waals surface area contributed by atoms with Crippen LogP contribution in [-0.2, 0) is 0 Å². The molecule has 3 rings (SSSR count). The van der Waals surface area contributed by atoms with Crippen LogP contribution in [0.25, 0.3) is 0 Å². The first-order valence-electron chi connectivity index (χ1n) is 8.45. The number of amides is 1. The van der Waals surface area contributed by atoms with E-state index in [9.17, 15) is 4.79 Å². The van der Waals surface area contributed by atoms with Crippen molar-refractivity contribution in [2.24, 2.45) is 5.92 Å². The maximum absolute atomic E-state index is 12.1. The van der Waals surface area contributed by atoms with Gasteiger partial charge in [0.2, 0.25) is 0 Å². The molecule has 1 fully saturated rings. The summed E-state index contributed by atoms with van der Waals surface area (Å²) in [5.74, 6) is 0.758. The molecule has 0 radical (unpaired) electrons. The number of rotatable bonds is 5. The van der Waals surface area contributed by atoms with Gasteiger partial charge in [-0.3, -0.25) is 4.79 Å². The van der Waals surface area contributed by atoms with Gasteiger partial charge in [-0.2, -0.15) is 11.3 Å². The van der Waals surface area contributed by atoms with Crippen LogP contribution in [0.5, 0.6) is 0 Å².